The van der Waals surface area contributed by atoms with Crippen LogP contribution in [0.1, 0.15) is 39.0 Å². The van der Waals surface area contributed by atoms with E-state index in [1.165, 1.54) is 0 Å². The maximum atomic E-state index is 11.9. The van der Waals surface area contributed by atoms with Crippen LogP contribution < -0.4 is 11.1 Å². The molecular formula is C12H24N2O2. The molecule has 1 aliphatic rings. The molecule has 0 aromatic carbocycles. The van der Waals surface area contributed by atoms with Crippen molar-refractivity contribution >= 4 is 5.91 Å². The Morgan fingerprint density at radius 2 is 2.19 bits per heavy atom. The number of ether oxygens (including phenoxy) is 1. The number of hydrogen-bond donors (Lipinski definition) is 2. The lowest BCUT2D eigenvalue weighted by molar-refractivity contribution is -0.128. The minimum Gasteiger partial charge on any atom is -0.381 e. The molecule has 0 saturated carbocycles. The molecule has 1 aliphatic heterocycles. The Balaban J connectivity index is 2.29. The van der Waals surface area contributed by atoms with Gasteiger partial charge in [-0.15, -0.1) is 0 Å². The van der Waals surface area contributed by atoms with Crippen LogP contribution in [-0.4, -0.2) is 31.7 Å². The van der Waals surface area contributed by atoms with E-state index < -0.39 is 0 Å². The van der Waals surface area contributed by atoms with Crippen LogP contribution in [0.5, 0.6) is 0 Å². The number of unbranched alkanes of at least 4 members (excludes halogenated alkanes) is 1. The smallest absolute Gasteiger partial charge is 0.223 e. The molecule has 1 atom stereocenters. The normalized spacial score (nSPS) is 19.4. The molecule has 1 heterocycles. The third-order valence-corrected chi connectivity index (χ3v) is 3.13. The minimum absolute atomic E-state index is 0.129. The zero-order valence-corrected chi connectivity index (χ0v) is 10.2. The molecule has 4 heteroatoms. The summed E-state index contributed by atoms with van der Waals surface area (Å²) in [6.45, 7) is 4.10. The highest BCUT2D eigenvalue weighted by molar-refractivity contribution is 5.79. The molecule has 16 heavy (non-hydrogen) atoms. The lowest BCUT2D eigenvalue weighted by Crippen LogP contribution is -2.44. The van der Waals surface area contributed by atoms with Crippen LogP contribution in [0.3, 0.4) is 0 Å². The van der Waals surface area contributed by atoms with Crippen molar-refractivity contribution in [1.29, 1.82) is 0 Å². The van der Waals surface area contributed by atoms with Gasteiger partial charge >= 0.3 is 0 Å². The molecule has 1 unspecified atom stereocenters. The molecule has 1 amide bonds. The summed E-state index contributed by atoms with van der Waals surface area (Å²) in [5.74, 6) is 0.291. The van der Waals surface area contributed by atoms with Crippen molar-refractivity contribution in [3.05, 3.63) is 0 Å². The van der Waals surface area contributed by atoms with Crippen LogP contribution in [0.15, 0.2) is 0 Å². The van der Waals surface area contributed by atoms with Crippen LogP contribution in [0.25, 0.3) is 0 Å². The number of carbonyl (C=O) groups is 1. The number of nitrogens with two attached hydrogens (primary N) is 1. The van der Waals surface area contributed by atoms with E-state index in [1.807, 2.05) is 0 Å². The molecule has 0 radical (unpaired) electrons. The second-order valence-corrected chi connectivity index (χ2v) is 4.47. The Bertz CT molecular complexity index is 203. The first-order valence-electron chi connectivity index (χ1n) is 6.36. The first kappa shape index (κ1) is 13.5. The Morgan fingerprint density at radius 1 is 1.50 bits per heavy atom. The van der Waals surface area contributed by atoms with Gasteiger partial charge in [0.1, 0.15) is 0 Å². The number of rotatable bonds is 6. The van der Waals surface area contributed by atoms with Crippen LogP contribution in [-0.2, 0) is 9.53 Å². The summed E-state index contributed by atoms with van der Waals surface area (Å²) in [5.41, 5.74) is 5.65. The molecule has 4 nitrogen and oxygen atoms in total. The van der Waals surface area contributed by atoms with Crippen molar-refractivity contribution < 1.29 is 9.53 Å². The van der Waals surface area contributed by atoms with Crippen molar-refractivity contribution in [2.45, 2.75) is 45.1 Å². The number of nitrogens with one attached hydrogen (secondary N) is 1. The summed E-state index contributed by atoms with van der Waals surface area (Å²) in [4.78, 5) is 11.9. The highest BCUT2D eigenvalue weighted by Crippen LogP contribution is 2.15. The average molecular weight is 228 g/mol. The molecule has 3 N–H and O–H groups in total. The van der Waals surface area contributed by atoms with Gasteiger partial charge in [0.15, 0.2) is 0 Å². The summed E-state index contributed by atoms with van der Waals surface area (Å²) in [6.07, 6.45) is 4.94. The standard InChI is InChI=1S/C12H24N2O2/c1-2-3-4-11(9-13)14-12(15)10-5-7-16-8-6-10/h10-11H,2-9,13H2,1H3,(H,14,15). The second kappa shape index (κ2) is 7.63. The van der Waals surface area contributed by atoms with Crippen molar-refractivity contribution in [1.82, 2.24) is 5.32 Å². The van der Waals surface area contributed by atoms with E-state index in [-0.39, 0.29) is 17.9 Å². The fourth-order valence-corrected chi connectivity index (χ4v) is 1.98. The summed E-state index contributed by atoms with van der Waals surface area (Å²) in [5, 5.41) is 3.05. The van der Waals surface area contributed by atoms with E-state index in [0.29, 0.717) is 19.8 Å². The van der Waals surface area contributed by atoms with Gasteiger partial charge in [-0.2, -0.15) is 0 Å². The number of hydrogen-bond acceptors (Lipinski definition) is 3. The summed E-state index contributed by atoms with van der Waals surface area (Å²) in [7, 11) is 0. The van der Waals surface area contributed by atoms with E-state index in [4.69, 9.17) is 10.5 Å². The third kappa shape index (κ3) is 4.49. The lowest BCUT2D eigenvalue weighted by Gasteiger charge is -2.24. The van der Waals surface area contributed by atoms with E-state index in [2.05, 4.69) is 12.2 Å². The number of carbonyl (C=O) groups excluding carboxylic acids is 1. The predicted molar refractivity (Wildman–Crippen MR) is 64.1 cm³/mol. The molecule has 1 saturated heterocycles. The number of amides is 1. The zero-order chi connectivity index (χ0) is 11.8. The first-order valence-corrected chi connectivity index (χ1v) is 6.36. The van der Waals surface area contributed by atoms with E-state index >= 15 is 0 Å². The maximum Gasteiger partial charge on any atom is 0.223 e. The van der Waals surface area contributed by atoms with E-state index in [9.17, 15) is 4.79 Å². The van der Waals surface area contributed by atoms with Crippen LogP contribution in [0, 0.1) is 5.92 Å². The van der Waals surface area contributed by atoms with Gasteiger partial charge < -0.3 is 15.8 Å². The molecule has 0 aromatic heterocycles. The third-order valence-electron chi connectivity index (χ3n) is 3.13. The Labute approximate surface area is 97.9 Å². The van der Waals surface area contributed by atoms with Gasteiger partial charge in [-0.1, -0.05) is 19.8 Å². The molecule has 0 bridgehead atoms. The van der Waals surface area contributed by atoms with E-state index in [1.54, 1.807) is 0 Å². The fourth-order valence-electron chi connectivity index (χ4n) is 1.98. The van der Waals surface area contributed by atoms with Gasteiger partial charge in [-0.05, 0) is 19.3 Å². The highest BCUT2D eigenvalue weighted by Gasteiger charge is 2.23. The Kier molecular flexibility index (Phi) is 6.42. The van der Waals surface area contributed by atoms with Crippen molar-refractivity contribution in [3.8, 4) is 0 Å². The minimum atomic E-state index is 0.129. The average Bonchev–Trinajstić information content (AvgIpc) is 2.35. The van der Waals surface area contributed by atoms with Gasteiger partial charge in [0.25, 0.3) is 0 Å². The van der Waals surface area contributed by atoms with Gasteiger partial charge in [-0.25, -0.2) is 0 Å². The summed E-state index contributed by atoms with van der Waals surface area (Å²) >= 11 is 0. The maximum absolute atomic E-state index is 11.9. The molecular weight excluding hydrogens is 204 g/mol. The lowest BCUT2D eigenvalue weighted by atomic mass is 9.98. The first-order chi connectivity index (χ1) is 7.77. The topological polar surface area (TPSA) is 64.3 Å². The molecule has 0 spiro atoms. The van der Waals surface area contributed by atoms with Crippen LogP contribution >= 0.6 is 0 Å². The van der Waals surface area contributed by atoms with Crippen molar-refractivity contribution in [2.24, 2.45) is 11.7 Å². The molecule has 0 aliphatic carbocycles. The molecule has 1 rings (SSSR count). The fraction of sp³-hybridized carbons (Fsp3) is 0.917. The Morgan fingerprint density at radius 3 is 2.75 bits per heavy atom. The van der Waals surface area contributed by atoms with Gasteiger partial charge in [0, 0.05) is 31.7 Å². The van der Waals surface area contributed by atoms with Crippen LogP contribution in [0.4, 0.5) is 0 Å². The highest BCUT2D eigenvalue weighted by atomic mass is 16.5. The van der Waals surface area contributed by atoms with Gasteiger partial charge in [0.05, 0.1) is 0 Å². The van der Waals surface area contributed by atoms with E-state index in [0.717, 1.165) is 32.1 Å². The SMILES string of the molecule is CCCCC(CN)NC(=O)C1CCOCC1. The van der Waals surface area contributed by atoms with Crippen molar-refractivity contribution in [2.75, 3.05) is 19.8 Å². The monoisotopic (exact) mass is 228 g/mol. The largest absolute Gasteiger partial charge is 0.381 e. The van der Waals surface area contributed by atoms with Crippen molar-refractivity contribution in [3.63, 3.8) is 0 Å². The summed E-state index contributed by atoms with van der Waals surface area (Å²) in [6, 6.07) is 0.148. The second-order valence-electron chi connectivity index (χ2n) is 4.47. The summed E-state index contributed by atoms with van der Waals surface area (Å²) < 4.78 is 5.24. The zero-order valence-electron chi connectivity index (χ0n) is 10.2. The van der Waals surface area contributed by atoms with Gasteiger partial charge in [-0.3, -0.25) is 4.79 Å². The van der Waals surface area contributed by atoms with Gasteiger partial charge in [0.2, 0.25) is 5.91 Å². The quantitative estimate of drug-likeness (QED) is 0.714. The predicted octanol–water partition coefficient (Wildman–Crippen LogP) is 1.05. The molecule has 0 aromatic rings. The Hall–Kier alpha value is -0.610. The molecule has 94 valence electrons. The molecule has 1 fully saturated rings. The van der Waals surface area contributed by atoms with Crippen LogP contribution in [0.2, 0.25) is 0 Å².